The molecule has 0 aliphatic carbocycles. The SMILES string of the molecule is CCN(CC)C(=O)CC(C)NC1CCNCC1. The molecule has 4 nitrogen and oxygen atoms in total. The van der Waals surface area contributed by atoms with Crippen molar-refractivity contribution >= 4 is 5.91 Å². The smallest absolute Gasteiger partial charge is 0.224 e. The predicted octanol–water partition coefficient (Wildman–Crippen LogP) is 0.975. The Morgan fingerprint density at radius 2 is 1.94 bits per heavy atom. The Bertz CT molecular complexity index is 223. The van der Waals surface area contributed by atoms with Crippen LogP contribution in [-0.4, -0.2) is 49.1 Å². The van der Waals surface area contributed by atoms with E-state index in [-0.39, 0.29) is 11.9 Å². The summed E-state index contributed by atoms with van der Waals surface area (Å²) in [6.07, 6.45) is 2.96. The van der Waals surface area contributed by atoms with Crippen molar-refractivity contribution in [1.29, 1.82) is 0 Å². The highest BCUT2D eigenvalue weighted by molar-refractivity contribution is 5.76. The molecular weight excluding hydrogens is 214 g/mol. The molecule has 1 amide bonds. The fourth-order valence-electron chi connectivity index (χ4n) is 2.42. The van der Waals surface area contributed by atoms with Gasteiger partial charge in [0.1, 0.15) is 0 Å². The third-order valence-corrected chi connectivity index (χ3v) is 3.46. The van der Waals surface area contributed by atoms with Crippen LogP contribution >= 0.6 is 0 Å². The van der Waals surface area contributed by atoms with Crippen molar-refractivity contribution in [3.8, 4) is 0 Å². The van der Waals surface area contributed by atoms with Gasteiger partial charge in [-0.1, -0.05) is 0 Å². The van der Waals surface area contributed by atoms with E-state index in [1.807, 2.05) is 18.7 Å². The predicted molar refractivity (Wildman–Crippen MR) is 71.0 cm³/mol. The van der Waals surface area contributed by atoms with Crippen LogP contribution in [0.1, 0.15) is 40.0 Å². The number of nitrogens with zero attached hydrogens (tertiary/aromatic N) is 1. The van der Waals surface area contributed by atoms with Gasteiger partial charge in [0.05, 0.1) is 0 Å². The van der Waals surface area contributed by atoms with Crippen molar-refractivity contribution in [1.82, 2.24) is 15.5 Å². The third kappa shape index (κ3) is 5.04. The number of piperidine rings is 1. The second kappa shape index (κ2) is 7.67. The zero-order valence-corrected chi connectivity index (χ0v) is 11.5. The van der Waals surface area contributed by atoms with Crippen LogP contribution in [0, 0.1) is 0 Å². The molecule has 100 valence electrons. The maximum Gasteiger partial charge on any atom is 0.224 e. The fraction of sp³-hybridized carbons (Fsp3) is 0.923. The van der Waals surface area contributed by atoms with Crippen molar-refractivity contribution in [3.05, 3.63) is 0 Å². The molecule has 4 heteroatoms. The van der Waals surface area contributed by atoms with Crippen molar-refractivity contribution in [2.75, 3.05) is 26.2 Å². The summed E-state index contributed by atoms with van der Waals surface area (Å²) in [5.74, 6) is 0.268. The molecule has 0 aromatic heterocycles. The number of hydrogen-bond donors (Lipinski definition) is 2. The van der Waals surface area contributed by atoms with E-state index in [4.69, 9.17) is 0 Å². The molecule has 17 heavy (non-hydrogen) atoms. The van der Waals surface area contributed by atoms with Crippen molar-refractivity contribution in [2.45, 2.75) is 52.1 Å². The summed E-state index contributed by atoms with van der Waals surface area (Å²) in [6, 6.07) is 0.863. The van der Waals surface area contributed by atoms with E-state index >= 15 is 0 Å². The van der Waals surface area contributed by atoms with E-state index in [1.54, 1.807) is 0 Å². The molecule has 1 aliphatic rings. The van der Waals surface area contributed by atoms with Crippen LogP contribution in [0.25, 0.3) is 0 Å². The lowest BCUT2D eigenvalue weighted by Crippen LogP contribution is -2.45. The van der Waals surface area contributed by atoms with Crippen molar-refractivity contribution in [3.63, 3.8) is 0 Å². The summed E-state index contributed by atoms with van der Waals surface area (Å²) in [5.41, 5.74) is 0. The normalized spacial score (nSPS) is 19.0. The summed E-state index contributed by atoms with van der Waals surface area (Å²) < 4.78 is 0. The van der Waals surface area contributed by atoms with Gasteiger partial charge in [-0.2, -0.15) is 0 Å². The van der Waals surface area contributed by atoms with Crippen LogP contribution in [0.15, 0.2) is 0 Å². The lowest BCUT2D eigenvalue weighted by molar-refractivity contribution is -0.131. The topological polar surface area (TPSA) is 44.4 Å². The summed E-state index contributed by atoms with van der Waals surface area (Å²) in [4.78, 5) is 13.8. The standard InChI is InChI=1S/C13H27N3O/c1-4-16(5-2)13(17)10-11(3)15-12-6-8-14-9-7-12/h11-12,14-15H,4-10H2,1-3H3. The Morgan fingerprint density at radius 1 is 1.35 bits per heavy atom. The van der Waals surface area contributed by atoms with Gasteiger partial charge in [-0.25, -0.2) is 0 Å². The molecule has 0 saturated carbocycles. The van der Waals surface area contributed by atoms with Crippen LogP contribution in [0.2, 0.25) is 0 Å². The van der Waals surface area contributed by atoms with Crippen LogP contribution in [0.4, 0.5) is 0 Å². The summed E-state index contributed by atoms with van der Waals surface area (Å²) >= 11 is 0. The van der Waals surface area contributed by atoms with Crippen LogP contribution in [0.5, 0.6) is 0 Å². The lowest BCUT2D eigenvalue weighted by atomic mass is 10.0. The van der Waals surface area contributed by atoms with Gasteiger partial charge in [-0.15, -0.1) is 0 Å². The lowest BCUT2D eigenvalue weighted by Gasteiger charge is -2.28. The maximum absolute atomic E-state index is 11.9. The average molecular weight is 241 g/mol. The first kappa shape index (κ1) is 14.5. The van der Waals surface area contributed by atoms with E-state index in [0.717, 1.165) is 26.2 Å². The van der Waals surface area contributed by atoms with Gasteiger partial charge < -0.3 is 15.5 Å². The van der Waals surface area contributed by atoms with Gasteiger partial charge in [0, 0.05) is 31.6 Å². The molecule has 0 aromatic carbocycles. The van der Waals surface area contributed by atoms with Crippen molar-refractivity contribution in [2.24, 2.45) is 0 Å². The molecular formula is C13H27N3O. The molecule has 0 bridgehead atoms. The number of nitrogens with one attached hydrogen (secondary N) is 2. The van der Waals surface area contributed by atoms with Gasteiger partial charge in [-0.05, 0) is 46.7 Å². The number of rotatable bonds is 6. The van der Waals surface area contributed by atoms with Gasteiger partial charge in [0.15, 0.2) is 0 Å². The van der Waals surface area contributed by atoms with Crippen molar-refractivity contribution < 1.29 is 4.79 Å². The van der Waals surface area contributed by atoms with Gasteiger partial charge in [0.2, 0.25) is 5.91 Å². The highest BCUT2D eigenvalue weighted by atomic mass is 16.2. The highest BCUT2D eigenvalue weighted by Crippen LogP contribution is 2.06. The second-order valence-corrected chi connectivity index (χ2v) is 4.86. The Kier molecular flexibility index (Phi) is 6.52. The monoisotopic (exact) mass is 241 g/mol. The minimum atomic E-state index is 0.268. The molecule has 0 aromatic rings. The minimum absolute atomic E-state index is 0.268. The molecule has 2 N–H and O–H groups in total. The first-order chi connectivity index (χ1) is 8.17. The summed E-state index contributed by atoms with van der Waals surface area (Å²) in [5, 5.41) is 6.92. The molecule has 1 unspecified atom stereocenters. The van der Waals surface area contributed by atoms with Crippen LogP contribution < -0.4 is 10.6 Å². The van der Waals surface area contributed by atoms with E-state index < -0.39 is 0 Å². The quantitative estimate of drug-likeness (QED) is 0.728. The largest absolute Gasteiger partial charge is 0.343 e. The third-order valence-electron chi connectivity index (χ3n) is 3.46. The summed E-state index contributed by atoms with van der Waals surface area (Å²) in [7, 11) is 0. The molecule has 1 heterocycles. The molecule has 1 fully saturated rings. The Morgan fingerprint density at radius 3 is 2.47 bits per heavy atom. The van der Waals surface area contributed by atoms with Gasteiger partial charge in [0.25, 0.3) is 0 Å². The highest BCUT2D eigenvalue weighted by Gasteiger charge is 2.18. The van der Waals surface area contributed by atoms with E-state index in [1.165, 1.54) is 12.8 Å². The first-order valence-corrected chi connectivity index (χ1v) is 6.91. The van der Waals surface area contributed by atoms with E-state index in [9.17, 15) is 4.79 Å². The number of amides is 1. The Balaban J connectivity index is 2.27. The fourth-order valence-corrected chi connectivity index (χ4v) is 2.42. The minimum Gasteiger partial charge on any atom is -0.343 e. The number of carbonyl (C=O) groups excluding carboxylic acids is 1. The Hall–Kier alpha value is -0.610. The molecule has 1 aliphatic heterocycles. The molecule has 1 rings (SSSR count). The van der Waals surface area contributed by atoms with Gasteiger partial charge >= 0.3 is 0 Å². The molecule has 1 saturated heterocycles. The molecule has 0 spiro atoms. The second-order valence-electron chi connectivity index (χ2n) is 4.86. The zero-order valence-electron chi connectivity index (χ0n) is 11.5. The molecule has 1 atom stereocenters. The van der Waals surface area contributed by atoms with Gasteiger partial charge in [-0.3, -0.25) is 4.79 Å². The number of carbonyl (C=O) groups is 1. The van der Waals surface area contributed by atoms with Crippen LogP contribution in [-0.2, 0) is 4.79 Å². The average Bonchev–Trinajstić information content (AvgIpc) is 2.31. The zero-order chi connectivity index (χ0) is 12.7. The van der Waals surface area contributed by atoms with E-state index in [2.05, 4.69) is 17.6 Å². The van der Waals surface area contributed by atoms with Crippen LogP contribution in [0.3, 0.4) is 0 Å². The first-order valence-electron chi connectivity index (χ1n) is 6.91. The Labute approximate surface area is 105 Å². The maximum atomic E-state index is 11.9. The van der Waals surface area contributed by atoms with E-state index in [0.29, 0.717) is 12.5 Å². The summed E-state index contributed by atoms with van der Waals surface area (Å²) in [6.45, 7) is 10.00. The molecule has 0 radical (unpaired) electrons. The number of hydrogen-bond acceptors (Lipinski definition) is 3.